The standard InChI is InChI=1S/C7H12O3S/c1-9-7(10-2)6(8)4-5-11-3/h4-5,7H,1-3H3. The van der Waals surface area contributed by atoms with Crippen LogP contribution in [0.2, 0.25) is 0 Å². The van der Waals surface area contributed by atoms with Gasteiger partial charge in [0.05, 0.1) is 0 Å². The van der Waals surface area contributed by atoms with Gasteiger partial charge in [-0.3, -0.25) is 4.79 Å². The zero-order chi connectivity index (χ0) is 8.69. The SMILES string of the molecule is COC(OC)C(=O)C=CSC. The third-order valence-corrected chi connectivity index (χ3v) is 1.44. The van der Waals surface area contributed by atoms with E-state index in [9.17, 15) is 4.79 Å². The van der Waals surface area contributed by atoms with Gasteiger partial charge in [0.25, 0.3) is 0 Å². The number of methoxy groups -OCH3 is 2. The number of ketones is 1. The highest BCUT2D eigenvalue weighted by atomic mass is 32.2. The summed E-state index contributed by atoms with van der Waals surface area (Å²) >= 11 is 1.46. The lowest BCUT2D eigenvalue weighted by molar-refractivity contribution is -0.151. The van der Waals surface area contributed by atoms with Crippen LogP contribution in [0, 0.1) is 0 Å². The summed E-state index contributed by atoms with van der Waals surface area (Å²) in [5.41, 5.74) is 0. The van der Waals surface area contributed by atoms with Crippen molar-refractivity contribution >= 4 is 17.5 Å². The van der Waals surface area contributed by atoms with E-state index in [0.717, 1.165) is 0 Å². The first-order valence-electron chi connectivity index (χ1n) is 3.05. The molecule has 0 aliphatic rings. The summed E-state index contributed by atoms with van der Waals surface area (Å²) in [5, 5.41) is 1.69. The summed E-state index contributed by atoms with van der Waals surface area (Å²) in [6.07, 6.45) is 2.54. The van der Waals surface area contributed by atoms with E-state index >= 15 is 0 Å². The largest absolute Gasteiger partial charge is 0.349 e. The van der Waals surface area contributed by atoms with E-state index in [0.29, 0.717) is 0 Å². The molecule has 0 rings (SSSR count). The molecule has 0 spiro atoms. The summed E-state index contributed by atoms with van der Waals surface area (Å²) in [6.45, 7) is 0. The molecule has 0 aliphatic carbocycles. The maximum Gasteiger partial charge on any atom is 0.221 e. The highest BCUT2D eigenvalue weighted by Gasteiger charge is 2.12. The van der Waals surface area contributed by atoms with Crippen molar-refractivity contribution in [2.75, 3.05) is 20.5 Å². The number of carbonyl (C=O) groups excluding carboxylic acids is 1. The van der Waals surface area contributed by atoms with Gasteiger partial charge in [0, 0.05) is 14.2 Å². The van der Waals surface area contributed by atoms with Crippen LogP contribution >= 0.6 is 11.8 Å². The molecule has 0 aromatic rings. The molecule has 0 aromatic heterocycles. The predicted octanol–water partition coefficient (Wildman–Crippen LogP) is 1.05. The van der Waals surface area contributed by atoms with Crippen molar-refractivity contribution in [3.63, 3.8) is 0 Å². The molecule has 0 radical (unpaired) electrons. The fourth-order valence-electron chi connectivity index (χ4n) is 0.542. The average Bonchev–Trinajstić information content (AvgIpc) is 2.03. The first-order chi connectivity index (χ1) is 5.26. The third kappa shape index (κ3) is 4.19. The van der Waals surface area contributed by atoms with E-state index in [2.05, 4.69) is 0 Å². The smallest absolute Gasteiger partial charge is 0.221 e. The Morgan fingerprint density at radius 1 is 1.45 bits per heavy atom. The van der Waals surface area contributed by atoms with Crippen molar-refractivity contribution in [3.05, 3.63) is 11.5 Å². The van der Waals surface area contributed by atoms with Gasteiger partial charge in [-0.05, 0) is 17.7 Å². The van der Waals surface area contributed by atoms with Crippen LogP contribution in [-0.4, -0.2) is 32.5 Å². The maximum absolute atomic E-state index is 11.0. The Hall–Kier alpha value is -0.320. The van der Waals surface area contributed by atoms with Gasteiger partial charge < -0.3 is 9.47 Å². The molecule has 0 fully saturated rings. The molecule has 0 amide bonds. The quantitative estimate of drug-likeness (QED) is 0.463. The Morgan fingerprint density at radius 2 is 2.00 bits per heavy atom. The van der Waals surface area contributed by atoms with Crippen molar-refractivity contribution in [2.24, 2.45) is 0 Å². The van der Waals surface area contributed by atoms with Crippen LogP contribution in [0.25, 0.3) is 0 Å². The molecule has 0 saturated heterocycles. The van der Waals surface area contributed by atoms with Crippen LogP contribution in [0.4, 0.5) is 0 Å². The second kappa shape index (κ2) is 6.39. The van der Waals surface area contributed by atoms with E-state index < -0.39 is 6.29 Å². The van der Waals surface area contributed by atoms with Crippen molar-refractivity contribution in [1.82, 2.24) is 0 Å². The number of carbonyl (C=O) groups is 1. The molecule has 0 N–H and O–H groups in total. The van der Waals surface area contributed by atoms with E-state index in [4.69, 9.17) is 9.47 Å². The minimum atomic E-state index is -0.765. The lowest BCUT2D eigenvalue weighted by atomic mass is 10.4. The molecule has 0 unspecified atom stereocenters. The van der Waals surface area contributed by atoms with Crippen molar-refractivity contribution in [2.45, 2.75) is 6.29 Å². The molecule has 0 atom stereocenters. The van der Waals surface area contributed by atoms with Gasteiger partial charge in [-0.15, -0.1) is 11.8 Å². The molecule has 0 saturated carbocycles. The molecule has 4 heteroatoms. The van der Waals surface area contributed by atoms with Crippen molar-refractivity contribution in [3.8, 4) is 0 Å². The van der Waals surface area contributed by atoms with Crippen LogP contribution in [0.3, 0.4) is 0 Å². The van der Waals surface area contributed by atoms with Gasteiger partial charge in [-0.1, -0.05) is 0 Å². The number of hydrogen-bond acceptors (Lipinski definition) is 4. The Morgan fingerprint density at radius 3 is 2.36 bits per heavy atom. The summed E-state index contributed by atoms with van der Waals surface area (Å²) in [7, 11) is 2.86. The molecule has 0 heterocycles. The van der Waals surface area contributed by atoms with Gasteiger partial charge in [0.2, 0.25) is 12.1 Å². The molecular weight excluding hydrogens is 164 g/mol. The Labute approximate surface area is 70.8 Å². The highest BCUT2D eigenvalue weighted by molar-refractivity contribution is 8.01. The second-order valence-corrected chi connectivity index (χ2v) is 2.49. The van der Waals surface area contributed by atoms with Gasteiger partial charge in [0.1, 0.15) is 0 Å². The Bertz CT molecular complexity index is 141. The Balaban J connectivity index is 3.88. The van der Waals surface area contributed by atoms with E-state index in [1.165, 1.54) is 32.1 Å². The zero-order valence-electron chi connectivity index (χ0n) is 6.87. The monoisotopic (exact) mass is 176 g/mol. The van der Waals surface area contributed by atoms with Crippen LogP contribution in [0.1, 0.15) is 0 Å². The van der Waals surface area contributed by atoms with E-state index in [1.54, 1.807) is 5.41 Å². The van der Waals surface area contributed by atoms with Crippen molar-refractivity contribution < 1.29 is 14.3 Å². The fraction of sp³-hybridized carbons (Fsp3) is 0.571. The van der Waals surface area contributed by atoms with Gasteiger partial charge in [-0.25, -0.2) is 0 Å². The third-order valence-electron chi connectivity index (χ3n) is 1.03. The molecule has 0 bridgehead atoms. The van der Waals surface area contributed by atoms with Crippen molar-refractivity contribution in [1.29, 1.82) is 0 Å². The maximum atomic E-state index is 11.0. The lowest BCUT2D eigenvalue weighted by Gasteiger charge is -2.08. The molecule has 0 aromatic carbocycles. The van der Waals surface area contributed by atoms with Gasteiger partial charge in [-0.2, -0.15) is 0 Å². The van der Waals surface area contributed by atoms with Crippen LogP contribution in [0.15, 0.2) is 11.5 Å². The van der Waals surface area contributed by atoms with Crippen LogP contribution < -0.4 is 0 Å². The van der Waals surface area contributed by atoms with Crippen LogP contribution in [-0.2, 0) is 14.3 Å². The molecule has 11 heavy (non-hydrogen) atoms. The number of rotatable bonds is 5. The highest BCUT2D eigenvalue weighted by Crippen LogP contribution is 1.98. The predicted molar refractivity (Wildman–Crippen MR) is 45.5 cm³/mol. The van der Waals surface area contributed by atoms with Crippen LogP contribution in [0.5, 0.6) is 0 Å². The molecule has 0 aliphatic heterocycles. The van der Waals surface area contributed by atoms with E-state index in [-0.39, 0.29) is 5.78 Å². The minimum absolute atomic E-state index is 0.177. The minimum Gasteiger partial charge on any atom is -0.349 e. The summed E-state index contributed by atoms with van der Waals surface area (Å²) in [4.78, 5) is 11.0. The number of hydrogen-bond donors (Lipinski definition) is 0. The molecule has 64 valence electrons. The topological polar surface area (TPSA) is 35.5 Å². The fourth-order valence-corrected chi connectivity index (χ4v) is 0.812. The average molecular weight is 176 g/mol. The second-order valence-electron chi connectivity index (χ2n) is 1.74. The lowest BCUT2D eigenvalue weighted by Crippen LogP contribution is -2.22. The summed E-state index contributed by atoms with van der Waals surface area (Å²) in [6, 6.07) is 0. The number of thioether (sulfide) groups is 1. The summed E-state index contributed by atoms with van der Waals surface area (Å²) in [5.74, 6) is -0.177. The van der Waals surface area contributed by atoms with Gasteiger partial charge in [0.15, 0.2) is 0 Å². The first kappa shape index (κ1) is 10.7. The molecule has 3 nitrogen and oxygen atoms in total. The normalized spacial score (nSPS) is 11.3. The summed E-state index contributed by atoms with van der Waals surface area (Å²) < 4.78 is 9.45. The zero-order valence-corrected chi connectivity index (χ0v) is 7.68. The van der Waals surface area contributed by atoms with Gasteiger partial charge >= 0.3 is 0 Å². The van der Waals surface area contributed by atoms with E-state index in [1.807, 2.05) is 6.26 Å². The Kier molecular flexibility index (Phi) is 6.21. The molecular formula is C7H12O3S. The first-order valence-corrected chi connectivity index (χ1v) is 4.33. The number of ether oxygens (including phenoxy) is 2.